The summed E-state index contributed by atoms with van der Waals surface area (Å²) in [5.74, 6) is -1.87. The number of halogens is 1. The predicted octanol–water partition coefficient (Wildman–Crippen LogP) is 3.09. The molecule has 2 heterocycles. The van der Waals surface area contributed by atoms with E-state index in [1.54, 1.807) is 23.6 Å². The SMILES string of the molecule is O=C(CCc1cc(Cl)cs1)ON1C(=O)c2ccccc2C1=O. The van der Waals surface area contributed by atoms with Gasteiger partial charge in [-0.25, -0.2) is 4.79 Å². The molecule has 1 aliphatic heterocycles. The van der Waals surface area contributed by atoms with E-state index >= 15 is 0 Å². The maximum Gasteiger partial charge on any atom is 0.333 e. The van der Waals surface area contributed by atoms with E-state index in [9.17, 15) is 14.4 Å². The minimum Gasteiger partial charge on any atom is -0.330 e. The Bertz CT molecular complexity index is 735. The summed E-state index contributed by atoms with van der Waals surface area (Å²) in [6.07, 6.45) is 0.504. The highest BCUT2D eigenvalue weighted by molar-refractivity contribution is 7.10. The second kappa shape index (κ2) is 5.90. The zero-order valence-corrected chi connectivity index (χ0v) is 12.8. The Balaban J connectivity index is 1.63. The van der Waals surface area contributed by atoms with Gasteiger partial charge in [0.25, 0.3) is 11.8 Å². The van der Waals surface area contributed by atoms with Crippen molar-refractivity contribution in [3.05, 3.63) is 56.7 Å². The number of carbonyl (C=O) groups is 3. The number of amides is 2. The van der Waals surface area contributed by atoms with Gasteiger partial charge in [0, 0.05) is 10.3 Å². The van der Waals surface area contributed by atoms with E-state index in [1.165, 1.54) is 23.5 Å². The molecule has 0 unspecified atom stereocenters. The Labute approximate surface area is 135 Å². The van der Waals surface area contributed by atoms with Gasteiger partial charge < -0.3 is 4.84 Å². The van der Waals surface area contributed by atoms with Crippen LogP contribution in [-0.4, -0.2) is 22.8 Å². The van der Waals surface area contributed by atoms with Crippen LogP contribution in [0.25, 0.3) is 0 Å². The van der Waals surface area contributed by atoms with Crippen molar-refractivity contribution in [3.8, 4) is 0 Å². The maximum absolute atomic E-state index is 12.0. The van der Waals surface area contributed by atoms with Crippen molar-refractivity contribution >= 4 is 40.7 Å². The van der Waals surface area contributed by atoms with Crippen molar-refractivity contribution < 1.29 is 19.2 Å². The lowest BCUT2D eigenvalue weighted by molar-refractivity contribution is -0.168. The van der Waals surface area contributed by atoms with Crippen LogP contribution in [-0.2, 0) is 16.1 Å². The van der Waals surface area contributed by atoms with Crippen LogP contribution in [0, 0.1) is 0 Å². The monoisotopic (exact) mass is 335 g/mol. The summed E-state index contributed by atoms with van der Waals surface area (Å²) < 4.78 is 0. The van der Waals surface area contributed by atoms with E-state index in [-0.39, 0.29) is 17.5 Å². The number of hydrogen-bond acceptors (Lipinski definition) is 5. The molecule has 0 N–H and O–H groups in total. The van der Waals surface area contributed by atoms with Crippen LogP contribution in [0.2, 0.25) is 5.02 Å². The second-order valence-electron chi connectivity index (χ2n) is 4.64. The lowest BCUT2D eigenvalue weighted by Gasteiger charge is -2.12. The number of benzene rings is 1. The molecule has 0 fully saturated rings. The van der Waals surface area contributed by atoms with Gasteiger partial charge in [-0.05, 0) is 24.6 Å². The van der Waals surface area contributed by atoms with Crippen molar-refractivity contribution in [1.82, 2.24) is 5.06 Å². The number of thiophene rings is 1. The van der Waals surface area contributed by atoms with Gasteiger partial charge in [0.15, 0.2) is 0 Å². The number of aryl methyl sites for hydroxylation is 1. The van der Waals surface area contributed by atoms with Gasteiger partial charge in [-0.3, -0.25) is 9.59 Å². The highest BCUT2D eigenvalue weighted by Crippen LogP contribution is 2.24. The molecular formula is C15H10ClNO4S. The Morgan fingerprint density at radius 2 is 1.82 bits per heavy atom. The van der Waals surface area contributed by atoms with E-state index in [4.69, 9.17) is 16.4 Å². The third-order valence-electron chi connectivity index (χ3n) is 3.15. The van der Waals surface area contributed by atoms with Gasteiger partial charge in [0.2, 0.25) is 0 Å². The van der Waals surface area contributed by atoms with E-state index in [0.29, 0.717) is 16.5 Å². The molecule has 1 aromatic carbocycles. The summed E-state index contributed by atoms with van der Waals surface area (Å²) >= 11 is 7.24. The topological polar surface area (TPSA) is 63.7 Å². The van der Waals surface area contributed by atoms with Gasteiger partial charge in [-0.15, -0.1) is 11.3 Å². The van der Waals surface area contributed by atoms with Crippen molar-refractivity contribution in [2.75, 3.05) is 0 Å². The van der Waals surface area contributed by atoms with Crippen molar-refractivity contribution in [3.63, 3.8) is 0 Å². The average Bonchev–Trinajstić information content (AvgIpc) is 3.03. The molecule has 0 bridgehead atoms. The zero-order chi connectivity index (χ0) is 15.7. The van der Waals surface area contributed by atoms with E-state index < -0.39 is 17.8 Å². The predicted molar refractivity (Wildman–Crippen MR) is 80.7 cm³/mol. The number of imide groups is 1. The van der Waals surface area contributed by atoms with Gasteiger partial charge in [-0.1, -0.05) is 28.8 Å². The molecule has 5 nitrogen and oxygen atoms in total. The molecule has 2 amide bonds. The highest BCUT2D eigenvalue weighted by Gasteiger charge is 2.38. The van der Waals surface area contributed by atoms with Crippen LogP contribution in [0.5, 0.6) is 0 Å². The lowest BCUT2D eigenvalue weighted by atomic mass is 10.1. The van der Waals surface area contributed by atoms with E-state index in [0.717, 1.165) is 4.88 Å². The minimum absolute atomic E-state index is 0.0598. The molecule has 7 heteroatoms. The third kappa shape index (κ3) is 2.75. The number of fused-ring (bicyclic) bond motifs is 1. The molecule has 0 radical (unpaired) electrons. The number of carbonyl (C=O) groups excluding carboxylic acids is 3. The summed E-state index contributed by atoms with van der Waals surface area (Å²) in [4.78, 5) is 41.7. The molecule has 1 aromatic heterocycles. The third-order valence-corrected chi connectivity index (χ3v) is 4.49. The normalized spacial score (nSPS) is 13.4. The van der Waals surface area contributed by atoms with Gasteiger partial charge in [0.05, 0.1) is 22.6 Å². The van der Waals surface area contributed by atoms with Crippen LogP contribution in [0.3, 0.4) is 0 Å². The van der Waals surface area contributed by atoms with Crippen LogP contribution < -0.4 is 0 Å². The summed E-state index contributed by atoms with van der Waals surface area (Å²) in [6, 6.07) is 8.11. The summed E-state index contributed by atoms with van der Waals surface area (Å²) in [6.45, 7) is 0. The maximum atomic E-state index is 12.0. The first-order valence-electron chi connectivity index (χ1n) is 6.48. The molecule has 0 aliphatic carbocycles. The number of nitrogens with zero attached hydrogens (tertiary/aromatic N) is 1. The fraction of sp³-hybridized carbons (Fsp3) is 0.133. The average molecular weight is 336 g/mol. The summed E-state index contributed by atoms with van der Waals surface area (Å²) in [5.41, 5.74) is 0.482. The van der Waals surface area contributed by atoms with Crippen molar-refractivity contribution in [2.45, 2.75) is 12.8 Å². The van der Waals surface area contributed by atoms with Crippen molar-refractivity contribution in [2.24, 2.45) is 0 Å². The van der Waals surface area contributed by atoms with Crippen molar-refractivity contribution in [1.29, 1.82) is 0 Å². The van der Waals surface area contributed by atoms with Gasteiger partial charge in [0.1, 0.15) is 0 Å². The number of hydrogen-bond donors (Lipinski definition) is 0. The smallest absolute Gasteiger partial charge is 0.330 e. The van der Waals surface area contributed by atoms with Crippen LogP contribution in [0.15, 0.2) is 35.7 Å². The van der Waals surface area contributed by atoms with Gasteiger partial charge >= 0.3 is 5.97 Å². The molecule has 112 valence electrons. The fourth-order valence-electron chi connectivity index (χ4n) is 2.11. The molecule has 3 rings (SSSR count). The highest BCUT2D eigenvalue weighted by atomic mass is 35.5. The van der Waals surface area contributed by atoms with E-state index in [2.05, 4.69) is 0 Å². The largest absolute Gasteiger partial charge is 0.333 e. The molecule has 0 saturated heterocycles. The first-order valence-corrected chi connectivity index (χ1v) is 7.73. The standard InChI is InChI=1S/C15H10ClNO4S/c16-9-7-10(22-8-9)5-6-13(18)21-17-14(19)11-3-1-2-4-12(11)15(17)20/h1-4,7-8H,5-6H2. The molecule has 0 saturated carbocycles. The Morgan fingerprint density at radius 1 is 1.18 bits per heavy atom. The number of rotatable bonds is 4. The van der Waals surface area contributed by atoms with Crippen LogP contribution in [0.1, 0.15) is 32.0 Å². The molecule has 0 spiro atoms. The second-order valence-corrected chi connectivity index (χ2v) is 6.08. The first-order chi connectivity index (χ1) is 10.6. The van der Waals surface area contributed by atoms with Gasteiger partial charge in [-0.2, -0.15) is 0 Å². The first kappa shape index (κ1) is 14.7. The molecule has 1 aliphatic rings. The summed E-state index contributed by atoms with van der Waals surface area (Å²) in [5, 5.41) is 2.91. The molecule has 22 heavy (non-hydrogen) atoms. The Hall–Kier alpha value is -2.18. The van der Waals surface area contributed by atoms with Crippen LogP contribution >= 0.6 is 22.9 Å². The fourth-order valence-corrected chi connectivity index (χ4v) is 3.18. The Kier molecular flexibility index (Phi) is 3.96. The number of hydroxylamine groups is 2. The summed E-state index contributed by atoms with van der Waals surface area (Å²) in [7, 11) is 0. The Morgan fingerprint density at radius 3 is 2.36 bits per heavy atom. The minimum atomic E-state index is -0.640. The quantitative estimate of drug-likeness (QED) is 0.805. The lowest BCUT2D eigenvalue weighted by Crippen LogP contribution is -2.32. The molecule has 2 aromatic rings. The van der Waals surface area contributed by atoms with E-state index in [1.807, 2.05) is 0 Å². The van der Waals surface area contributed by atoms with Crippen LogP contribution in [0.4, 0.5) is 0 Å². The zero-order valence-electron chi connectivity index (χ0n) is 11.2. The molecule has 0 atom stereocenters. The molecular weight excluding hydrogens is 326 g/mol.